The van der Waals surface area contributed by atoms with E-state index in [2.05, 4.69) is 15.9 Å². The Labute approximate surface area is 148 Å². The predicted octanol–water partition coefficient (Wildman–Crippen LogP) is 1.66. The lowest BCUT2D eigenvalue weighted by Gasteiger charge is -2.34. The minimum Gasteiger partial charge on any atom is -0.493 e. The molecular weight excluding hydrogens is 316 g/mol. The van der Waals surface area contributed by atoms with Gasteiger partial charge in [0.05, 0.1) is 19.0 Å². The number of rotatable bonds is 5. The van der Waals surface area contributed by atoms with Crippen LogP contribution in [0.1, 0.15) is 16.9 Å². The normalized spacial score (nSPS) is 15.0. The van der Waals surface area contributed by atoms with Crippen LogP contribution >= 0.6 is 0 Å². The maximum Gasteiger partial charge on any atom is 0.278 e. The number of terminal acetylenes is 1. The summed E-state index contributed by atoms with van der Waals surface area (Å²) in [5.74, 6) is 3.05. The van der Waals surface area contributed by atoms with Crippen LogP contribution in [-0.4, -0.2) is 65.3 Å². The Bertz CT molecular complexity index is 755. The van der Waals surface area contributed by atoms with Gasteiger partial charge in [0.15, 0.2) is 11.4 Å². The predicted molar refractivity (Wildman–Crippen MR) is 95.9 cm³/mol. The topological polar surface area (TPSA) is 50.6 Å². The van der Waals surface area contributed by atoms with Crippen LogP contribution in [0, 0.1) is 12.3 Å². The standard InChI is InChI=1S/C19H22N4O2/c1-3-4-10-21-11-13-22(14-12-21)19(24)18-17(25-2)15-23(20-18)16-8-6-5-7-9-16/h1,5-9,15H,4,10-14H2,2H3. The molecule has 3 rings (SSSR count). The van der Waals surface area contributed by atoms with Gasteiger partial charge in [-0.3, -0.25) is 9.69 Å². The molecule has 6 heteroatoms. The van der Waals surface area contributed by atoms with Crippen molar-refractivity contribution in [1.82, 2.24) is 19.6 Å². The summed E-state index contributed by atoms with van der Waals surface area (Å²) in [4.78, 5) is 17.0. The van der Waals surface area contributed by atoms with Gasteiger partial charge in [0.25, 0.3) is 5.91 Å². The fraction of sp³-hybridized carbons (Fsp3) is 0.368. The minimum atomic E-state index is -0.0943. The van der Waals surface area contributed by atoms with E-state index in [-0.39, 0.29) is 5.91 Å². The molecule has 1 saturated heterocycles. The number of para-hydroxylation sites is 1. The average Bonchev–Trinajstić information content (AvgIpc) is 3.11. The molecule has 0 bridgehead atoms. The molecule has 0 unspecified atom stereocenters. The number of carbonyl (C=O) groups is 1. The number of benzene rings is 1. The fourth-order valence-electron chi connectivity index (χ4n) is 2.92. The van der Waals surface area contributed by atoms with Crippen molar-refractivity contribution in [1.29, 1.82) is 0 Å². The highest BCUT2D eigenvalue weighted by molar-refractivity contribution is 5.95. The van der Waals surface area contributed by atoms with E-state index < -0.39 is 0 Å². The zero-order valence-electron chi connectivity index (χ0n) is 14.4. The Morgan fingerprint density at radius 2 is 1.96 bits per heavy atom. The zero-order chi connectivity index (χ0) is 17.6. The number of amides is 1. The van der Waals surface area contributed by atoms with Crippen LogP contribution in [0.2, 0.25) is 0 Å². The number of methoxy groups -OCH3 is 1. The molecule has 25 heavy (non-hydrogen) atoms. The first-order valence-corrected chi connectivity index (χ1v) is 8.37. The molecule has 0 N–H and O–H groups in total. The molecule has 1 aliphatic heterocycles. The minimum absolute atomic E-state index is 0.0943. The van der Waals surface area contributed by atoms with E-state index in [1.807, 2.05) is 35.2 Å². The highest BCUT2D eigenvalue weighted by Gasteiger charge is 2.26. The molecule has 6 nitrogen and oxygen atoms in total. The molecule has 0 spiro atoms. The first-order valence-electron chi connectivity index (χ1n) is 8.37. The lowest BCUT2D eigenvalue weighted by Crippen LogP contribution is -2.49. The third kappa shape index (κ3) is 3.83. The van der Waals surface area contributed by atoms with Gasteiger partial charge in [-0.2, -0.15) is 5.10 Å². The summed E-state index contributed by atoms with van der Waals surface area (Å²) in [6, 6.07) is 9.67. The fourth-order valence-corrected chi connectivity index (χ4v) is 2.92. The number of hydrogen-bond acceptors (Lipinski definition) is 4. The first kappa shape index (κ1) is 17.1. The van der Waals surface area contributed by atoms with Crippen molar-refractivity contribution in [2.75, 3.05) is 39.8 Å². The quantitative estimate of drug-likeness (QED) is 0.778. The second-order valence-electron chi connectivity index (χ2n) is 5.91. The number of aromatic nitrogens is 2. The molecule has 2 heterocycles. The van der Waals surface area contributed by atoms with E-state index in [4.69, 9.17) is 11.2 Å². The maximum absolute atomic E-state index is 12.9. The van der Waals surface area contributed by atoms with Crippen LogP contribution in [0.25, 0.3) is 5.69 Å². The van der Waals surface area contributed by atoms with E-state index in [0.717, 1.165) is 31.7 Å². The van der Waals surface area contributed by atoms with Crippen LogP contribution in [0.3, 0.4) is 0 Å². The number of ether oxygens (including phenoxy) is 1. The summed E-state index contributed by atoms with van der Waals surface area (Å²) < 4.78 is 7.05. The van der Waals surface area contributed by atoms with Gasteiger partial charge >= 0.3 is 0 Å². The second-order valence-corrected chi connectivity index (χ2v) is 5.91. The smallest absolute Gasteiger partial charge is 0.278 e. The summed E-state index contributed by atoms with van der Waals surface area (Å²) >= 11 is 0. The summed E-state index contributed by atoms with van der Waals surface area (Å²) in [7, 11) is 1.56. The van der Waals surface area contributed by atoms with Crippen LogP contribution in [-0.2, 0) is 0 Å². The maximum atomic E-state index is 12.9. The lowest BCUT2D eigenvalue weighted by atomic mass is 10.2. The largest absolute Gasteiger partial charge is 0.493 e. The SMILES string of the molecule is C#CCCN1CCN(C(=O)c2nn(-c3ccccc3)cc2OC)CC1. The van der Waals surface area contributed by atoms with Crippen molar-refractivity contribution in [2.24, 2.45) is 0 Å². The highest BCUT2D eigenvalue weighted by atomic mass is 16.5. The number of nitrogens with zero attached hydrogens (tertiary/aromatic N) is 4. The van der Waals surface area contributed by atoms with Gasteiger partial charge in [-0.1, -0.05) is 18.2 Å². The van der Waals surface area contributed by atoms with E-state index in [9.17, 15) is 4.79 Å². The summed E-state index contributed by atoms with van der Waals surface area (Å²) in [5, 5.41) is 4.46. The molecule has 1 aromatic carbocycles. The zero-order valence-corrected chi connectivity index (χ0v) is 14.4. The Morgan fingerprint density at radius 3 is 2.60 bits per heavy atom. The molecule has 1 amide bonds. The molecule has 0 aliphatic carbocycles. The van der Waals surface area contributed by atoms with Crippen molar-refractivity contribution in [3.8, 4) is 23.8 Å². The van der Waals surface area contributed by atoms with E-state index in [1.165, 1.54) is 0 Å². The molecule has 1 aliphatic rings. The van der Waals surface area contributed by atoms with Crippen molar-refractivity contribution in [3.63, 3.8) is 0 Å². The molecule has 2 aromatic rings. The molecule has 1 aromatic heterocycles. The molecule has 0 atom stereocenters. The van der Waals surface area contributed by atoms with Crippen LogP contribution in [0.5, 0.6) is 5.75 Å². The Morgan fingerprint density at radius 1 is 1.24 bits per heavy atom. The summed E-state index contributed by atoms with van der Waals surface area (Å²) in [6.45, 7) is 3.88. The monoisotopic (exact) mass is 338 g/mol. The Balaban J connectivity index is 1.72. The Kier molecular flexibility index (Phi) is 5.36. The summed E-state index contributed by atoms with van der Waals surface area (Å²) in [5.41, 5.74) is 1.24. The van der Waals surface area contributed by atoms with Crippen LogP contribution in [0.4, 0.5) is 0 Å². The Hall–Kier alpha value is -2.78. The first-order chi connectivity index (χ1) is 12.2. The number of piperazine rings is 1. The number of carbonyl (C=O) groups excluding carboxylic acids is 1. The van der Waals surface area contributed by atoms with Gasteiger partial charge in [0.2, 0.25) is 0 Å². The molecular formula is C19H22N4O2. The van der Waals surface area contributed by atoms with Gasteiger partial charge in [-0.15, -0.1) is 12.3 Å². The van der Waals surface area contributed by atoms with Gasteiger partial charge < -0.3 is 9.64 Å². The lowest BCUT2D eigenvalue weighted by molar-refractivity contribution is 0.0630. The molecule has 0 radical (unpaired) electrons. The summed E-state index contributed by atoms with van der Waals surface area (Å²) in [6.07, 6.45) is 7.79. The van der Waals surface area contributed by atoms with E-state index in [1.54, 1.807) is 18.0 Å². The van der Waals surface area contributed by atoms with Crippen molar-refractivity contribution < 1.29 is 9.53 Å². The van der Waals surface area contributed by atoms with Crippen LogP contribution < -0.4 is 4.74 Å². The van der Waals surface area contributed by atoms with Crippen molar-refractivity contribution in [2.45, 2.75) is 6.42 Å². The van der Waals surface area contributed by atoms with Gasteiger partial charge in [-0.05, 0) is 12.1 Å². The van der Waals surface area contributed by atoms with Crippen molar-refractivity contribution >= 4 is 5.91 Å². The third-order valence-corrected chi connectivity index (χ3v) is 4.36. The highest BCUT2D eigenvalue weighted by Crippen LogP contribution is 2.21. The average molecular weight is 338 g/mol. The molecule has 1 fully saturated rings. The van der Waals surface area contributed by atoms with E-state index >= 15 is 0 Å². The molecule has 130 valence electrons. The molecule has 0 saturated carbocycles. The van der Waals surface area contributed by atoms with Gasteiger partial charge in [0, 0.05) is 39.1 Å². The second kappa shape index (κ2) is 7.86. The third-order valence-electron chi connectivity index (χ3n) is 4.36. The van der Waals surface area contributed by atoms with Crippen LogP contribution in [0.15, 0.2) is 36.5 Å². The van der Waals surface area contributed by atoms with Gasteiger partial charge in [-0.25, -0.2) is 4.68 Å². The van der Waals surface area contributed by atoms with E-state index in [0.29, 0.717) is 24.5 Å². The van der Waals surface area contributed by atoms with Crippen molar-refractivity contribution in [3.05, 3.63) is 42.2 Å². The number of hydrogen-bond donors (Lipinski definition) is 0. The van der Waals surface area contributed by atoms with Gasteiger partial charge in [0.1, 0.15) is 0 Å².